The fourth-order valence-corrected chi connectivity index (χ4v) is 2.97. The van der Waals surface area contributed by atoms with Gasteiger partial charge in [-0.25, -0.2) is 4.39 Å². The largest absolute Gasteiger partial charge is 0.468 e. The third-order valence-corrected chi connectivity index (χ3v) is 4.28. The SMILES string of the molecule is CC.COC(=O)CN1CC2(CC2)c2c(ccc(C)c2F)C1=O. The number of carbonyl (C=O) groups is 2. The van der Waals surface area contributed by atoms with E-state index in [1.165, 1.54) is 12.0 Å². The maximum Gasteiger partial charge on any atom is 0.325 e. The van der Waals surface area contributed by atoms with Gasteiger partial charge in [-0.15, -0.1) is 0 Å². The average molecular weight is 307 g/mol. The molecule has 0 unspecified atom stereocenters. The van der Waals surface area contributed by atoms with E-state index in [0.717, 1.165) is 12.8 Å². The predicted molar refractivity (Wildman–Crippen MR) is 81.3 cm³/mol. The van der Waals surface area contributed by atoms with Crippen LogP contribution in [0.1, 0.15) is 48.2 Å². The van der Waals surface area contributed by atoms with Gasteiger partial charge >= 0.3 is 5.97 Å². The van der Waals surface area contributed by atoms with Crippen LogP contribution in [0, 0.1) is 12.7 Å². The normalized spacial score (nSPS) is 17.5. The zero-order chi connectivity index (χ0) is 16.5. The minimum absolute atomic E-state index is 0.0774. The molecular weight excluding hydrogens is 285 g/mol. The van der Waals surface area contributed by atoms with Crippen LogP contribution in [-0.4, -0.2) is 37.0 Å². The van der Waals surface area contributed by atoms with Crippen LogP contribution in [0.3, 0.4) is 0 Å². The van der Waals surface area contributed by atoms with Gasteiger partial charge in [-0.3, -0.25) is 9.59 Å². The maximum absolute atomic E-state index is 14.4. The molecule has 1 heterocycles. The molecule has 0 aromatic heterocycles. The van der Waals surface area contributed by atoms with Crippen LogP contribution in [0.4, 0.5) is 4.39 Å². The van der Waals surface area contributed by atoms with Crippen LogP contribution < -0.4 is 0 Å². The number of benzene rings is 1. The molecule has 0 N–H and O–H groups in total. The van der Waals surface area contributed by atoms with Gasteiger partial charge in [-0.2, -0.15) is 0 Å². The highest BCUT2D eigenvalue weighted by Crippen LogP contribution is 2.53. The summed E-state index contributed by atoms with van der Waals surface area (Å²) in [5.74, 6) is -1.02. The summed E-state index contributed by atoms with van der Waals surface area (Å²) in [7, 11) is 1.29. The lowest BCUT2D eigenvalue weighted by Crippen LogP contribution is -2.46. The van der Waals surface area contributed by atoms with Crippen molar-refractivity contribution < 1.29 is 18.7 Å². The van der Waals surface area contributed by atoms with Crippen molar-refractivity contribution in [3.05, 3.63) is 34.6 Å². The number of aryl methyl sites for hydroxylation is 1. The Labute approximate surface area is 130 Å². The molecule has 1 fully saturated rings. The van der Waals surface area contributed by atoms with Gasteiger partial charge in [0.25, 0.3) is 5.91 Å². The number of ether oxygens (including phenoxy) is 1. The highest BCUT2D eigenvalue weighted by molar-refractivity contribution is 5.99. The topological polar surface area (TPSA) is 46.6 Å². The summed E-state index contributed by atoms with van der Waals surface area (Å²) in [6, 6.07) is 3.28. The van der Waals surface area contributed by atoms with Crippen molar-refractivity contribution in [2.45, 2.75) is 39.0 Å². The number of nitrogens with zero attached hydrogens (tertiary/aromatic N) is 1. The molecule has 1 aromatic rings. The van der Waals surface area contributed by atoms with Crippen molar-refractivity contribution in [1.29, 1.82) is 0 Å². The molecule has 120 valence electrons. The van der Waals surface area contributed by atoms with Crippen molar-refractivity contribution in [3.8, 4) is 0 Å². The Hall–Kier alpha value is -1.91. The number of methoxy groups -OCH3 is 1. The van der Waals surface area contributed by atoms with Gasteiger partial charge in [0.2, 0.25) is 0 Å². The van der Waals surface area contributed by atoms with Gasteiger partial charge in [0.05, 0.1) is 7.11 Å². The molecule has 1 saturated carbocycles. The molecule has 3 rings (SSSR count). The maximum atomic E-state index is 14.4. The zero-order valence-electron chi connectivity index (χ0n) is 13.5. The van der Waals surface area contributed by atoms with E-state index in [-0.39, 0.29) is 23.7 Å². The van der Waals surface area contributed by atoms with E-state index in [0.29, 0.717) is 23.2 Å². The van der Waals surface area contributed by atoms with Crippen molar-refractivity contribution in [1.82, 2.24) is 4.90 Å². The first-order valence-electron chi connectivity index (χ1n) is 7.64. The van der Waals surface area contributed by atoms with E-state index >= 15 is 0 Å². The van der Waals surface area contributed by atoms with Gasteiger partial charge in [0.15, 0.2) is 0 Å². The van der Waals surface area contributed by atoms with Gasteiger partial charge in [-0.05, 0) is 31.4 Å². The van der Waals surface area contributed by atoms with E-state index < -0.39 is 5.97 Å². The molecule has 2 aliphatic rings. The summed E-state index contributed by atoms with van der Waals surface area (Å²) in [4.78, 5) is 25.3. The first kappa shape index (κ1) is 16.5. The number of halogens is 1. The second-order valence-corrected chi connectivity index (χ2v) is 5.64. The fraction of sp³-hybridized carbons (Fsp3) is 0.529. The summed E-state index contributed by atoms with van der Waals surface area (Å²) < 4.78 is 19.0. The zero-order valence-corrected chi connectivity index (χ0v) is 13.5. The number of fused-ring (bicyclic) bond motifs is 2. The number of esters is 1. The summed E-state index contributed by atoms with van der Waals surface area (Å²) in [6.45, 7) is 6.03. The Balaban J connectivity index is 0.000000847. The van der Waals surface area contributed by atoms with E-state index in [2.05, 4.69) is 4.74 Å². The molecule has 22 heavy (non-hydrogen) atoms. The smallest absolute Gasteiger partial charge is 0.325 e. The molecule has 0 atom stereocenters. The van der Waals surface area contributed by atoms with Crippen molar-refractivity contribution in [2.75, 3.05) is 20.2 Å². The molecule has 1 amide bonds. The predicted octanol–water partition coefficient (Wildman–Crippen LogP) is 2.82. The molecule has 0 bridgehead atoms. The van der Waals surface area contributed by atoms with Gasteiger partial charge in [0, 0.05) is 23.1 Å². The number of rotatable bonds is 2. The van der Waals surface area contributed by atoms with Crippen molar-refractivity contribution in [3.63, 3.8) is 0 Å². The quantitative estimate of drug-likeness (QED) is 0.789. The molecule has 4 nitrogen and oxygen atoms in total. The van der Waals surface area contributed by atoms with Gasteiger partial charge in [0.1, 0.15) is 12.4 Å². The second-order valence-electron chi connectivity index (χ2n) is 5.64. The third-order valence-electron chi connectivity index (χ3n) is 4.28. The molecular formula is C17H22FNO3. The van der Waals surface area contributed by atoms with Crippen LogP contribution >= 0.6 is 0 Å². The summed E-state index contributed by atoms with van der Waals surface area (Å²) in [5.41, 5.74) is 1.20. The summed E-state index contributed by atoms with van der Waals surface area (Å²) in [5, 5.41) is 0. The highest BCUT2D eigenvalue weighted by Gasteiger charge is 2.53. The van der Waals surface area contributed by atoms with Crippen LogP contribution in [0.2, 0.25) is 0 Å². The van der Waals surface area contributed by atoms with Crippen LogP contribution in [0.5, 0.6) is 0 Å². The Morgan fingerprint density at radius 3 is 2.55 bits per heavy atom. The molecule has 1 spiro atoms. The van der Waals surface area contributed by atoms with Crippen molar-refractivity contribution in [2.24, 2.45) is 0 Å². The van der Waals surface area contributed by atoms with Crippen molar-refractivity contribution >= 4 is 11.9 Å². The first-order chi connectivity index (χ1) is 10.5. The number of amides is 1. The van der Waals surface area contributed by atoms with Gasteiger partial charge < -0.3 is 9.64 Å². The van der Waals surface area contributed by atoms with Crippen LogP contribution in [0.15, 0.2) is 12.1 Å². The van der Waals surface area contributed by atoms with Crippen LogP contribution in [-0.2, 0) is 14.9 Å². The molecule has 5 heteroatoms. The monoisotopic (exact) mass is 307 g/mol. The minimum Gasteiger partial charge on any atom is -0.468 e. The first-order valence-corrected chi connectivity index (χ1v) is 7.64. The molecule has 0 saturated heterocycles. The standard InChI is InChI=1S/C15H16FNO3.C2H6/c1-9-3-4-10-12(13(9)16)15(5-6-15)8-17(14(10)19)7-11(18)20-2;1-2/h3-4H,5-8H2,1-2H3;1-2H3. The molecule has 1 aliphatic heterocycles. The number of carbonyl (C=O) groups excluding carboxylic acids is 2. The Morgan fingerprint density at radius 1 is 1.36 bits per heavy atom. The molecule has 1 aliphatic carbocycles. The lowest BCUT2D eigenvalue weighted by molar-refractivity contribution is -0.141. The third kappa shape index (κ3) is 2.60. The summed E-state index contributed by atoms with van der Waals surface area (Å²) >= 11 is 0. The number of hydrogen-bond donors (Lipinski definition) is 0. The Kier molecular flexibility index (Phi) is 4.54. The average Bonchev–Trinajstić information content (AvgIpc) is 3.29. The summed E-state index contributed by atoms with van der Waals surface area (Å²) in [6.07, 6.45) is 1.71. The van der Waals surface area contributed by atoms with E-state index in [1.807, 2.05) is 13.8 Å². The Morgan fingerprint density at radius 2 is 2.00 bits per heavy atom. The lowest BCUT2D eigenvalue weighted by Gasteiger charge is -2.34. The number of hydrogen-bond acceptors (Lipinski definition) is 3. The van der Waals surface area contributed by atoms with Crippen LogP contribution in [0.25, 0.3) is 0 Å². The van der Waals surface area contributed by atoms with E-state index in [4.69, 9.17) is 0 Å². The Bertz CT molecular complexity index is 608. The van der Waals surface area contributed by atoms with E-state index in [9.17, 15) is 14.0 Å². The van der Waals surface area contributed by atoms with E-state index in [1.54, 1.807) is 19.1 Å². The minimum atomic E-state index is -0.454. The second kappa shape index (κ2) is 6.07. The molecule has 0 radical (unpaired) electrons. The van der Waals surface area contributed by atoms with Gasteiger partial charge in [-0.1, -0.05) is 19.9 Å². The fourth-order valence-electron chi connectivity index (χ4n) is 2.97. The molecule has 1 aromatic carbocycles. The lowest BCUT2D eigenvalue weighted by atomic mass is 9.85. The highest BCUT2D eigenvalue weighted by atomic mass is 19.1.